The number of aromatic hydroxyl groups is 1. The van der Waals surface area contributed by atoms with Crippen molar-refractivity contribution in [1.29, 1.82) is 0 Å². The number of nitrogens with zero attached hydrogens (tertiary/aromatic N) is 1. The lowest BCUT2D eigenvalue weighted by molar-refractivity contribution is 0.0514. The van der Waals surface area contributed by atoms with Crippen LogP contribution in [0.25, 0.3) is 0 Å². The van der Waals surface area contributed by atoms with Crippen molar-refractivity contribution >= 4 is 5.97 Å². The number of carbonyl (C=O) groups is 1. The van der Waals surface area contributed by atoms with E-state index in [0.29, 0.717) is 12.2 Å². The number of esters is 1. The third kappa shape index (κ3) is 4.68. The summed E-state index contributed by atoms with van der Waals surface area (Å²) < 4.78 is 15.5. The molecule has 2 rings (SSSR count). The molecule has 1 aromatic carbocycles. The van der Waals surface area contributed by atoms with Crippen LogP contribution in [-0.4, -0.2) is 34.9 Å². The average Bonchev–Trinajstić information content (AvgIpc) is 2.62. The van der Waals surface area contributed by atoms with Gasteiger partial charge in [-0.3, -0.25) is 0 Å². The Hall–Kier alpha value is -2.64. The van der Waals surface area contributed by atoms with Crippen molar-refractivity contribution in [1.82, 2.24) is 4.98 Å². The molecule has 25 heavy (non-hydrogen) atoms. The summed E-state index contributed by atoms with van der Waals surface area (Å²) in [5, 5.41) is 19.6. The van der Waals surface area contributed by atoms with E-state index in [1.807, 2.05) is 24.3 Å². The monoisotopic (exact) mass is 347 g/mol. The number of pyridine rings is 1. The van der Waals surface area contributed by atoms with Crippen LogP contribution in [-0.2, 0) is 29.3 Å². The van der Waals surface area contributed by atoms with Crippen LogP contribution in [0.3, 0.4) is 0 Å². The largest absolute Gasteiger partial charge is 0.505 e. The van der Waals surface area contributed by atoms with Gasteiger partial charge in [-0.2, -0.15) is 0 Å². The number of methoxy groups -OCH3 is 1. The molecular formula is C18H21NO6. The van der Waals surface area contributed by atoms with Crippen molar-refractivity contribution in [3.8, 4) is 11.5 Å². The van der Waals surface area contributed by atoms with Crippen molar-refractivity contribution in [3.05, 3.63) is 52.8 Å². The fraction of sp³-hybridized carbons (Fsp3) is 0.333. The first kappa shape index (κ1) is 18.7. The van der Waals surface area contributed by atoms with Gasteiger partial charge >= 0.3 is 5.97 Å². The Morgan fingerprint density at radius 3 is 2.52 bits per heavy atom. The smallest absolute Gasteiger partial charge is 0.360 e. The predicted molar refractivity (Wildman–Crippen MR) is 89.3 cm³/mol. The quantitative estimate of drug-likeness (QED) is 0.706. The topological polar surface area (TPSA) is 98.1 Å². The fourth-order valence-corrected chi connectivity index (χ4v) is 2.23. The van der Waals surface area contributed by atoms with Crippen LogP contribution in [0.2, 0.25) is 0 Å². The second kappa shape index (κ2) is 9.00. The van der Waals surface area contributed by atoms with E-state index in [2.05, 4.69) is 4.98 Å². The Bertz CT molecular complexity index is 714. The summed E-state index contributed by atoms with van der Waals surface area (Å²) in [6, 6.07) is 7.43. The molecule has 0 aliphatic heterocycles. The third-order valence-corrected chi connectivity index (χ3v) is 3.56. The molecule has 134 valence electrons. The van der Waals surface area contributed by atoms with Crippen LogP contribution >= 0.6 is 0 Å². The van der Waals surface area contributed by atoms with Crippen molar-refractivity contribution in [2.75, 3.05) is 13.7 Å². The maximum absolute atomic E-state index is 11.7. The van der Waals surface area contributed by atoms with Gasteiger partial charge in [0.15, 0.2) is 11.4 Å². The number of hydrogen-bond acceptors (Lipinski definition) is 7. The molecule has 0 aliphatic rings. The molecule has 0 atom stereocenters. The molecular weight excluding hydrogens is 326 g/mol. The zero-order chi connectivity index (χ0) is 18.2. The normalized spacial score (nSPS) is 10.5. The maximum atomic E-state index is 11.7. The minimum absolute atomic E-state index is 0.131. The number of aliphatic hydroxyl groups is 1. The number of ether oxygens (including phenoxy) is 3. The lowest BCUT2D eigenvalue weighted by Crippen LogP contribution is -2.10. The lowest BCUT2D eigenvalue weighted by Gasteiger charge is -2.12. The van der Waals surface area contributed by atoms with Gasteiger partial charge in [0.2, 0.25) is 0 Å². The van der Waals surface area contributed by atoms with Crippen LogP contribution in [0.15, 0.2) is 30.5 Å². The molecule has 1 aromatic heterocycles. The summed E-state index contributed by atoms with van der Waals surface area (Å²) in [5.41, 5.74) is 1.44. The molecule has 0 unspecified atom stereocenters. The van der Waals surface area contributed by atoms with Crippen molar-refractivity contribution < 1.29 is 29.2 Å². The van der Waals surface area contributed by atoms with Gasteiger partial charge in [0.25, 0.3) is 0 Å². The van der Waals surface area contributed by atoms with Crippen molar-refractivity contribution in [3.63, 3.8) is 0 Å². The molecule has 0 radical (unpaired) electrons. The third-order valence-electron chi connectivity index (χ3n) is 3.56. The fourth-order valence-electron chi connectivity index (χ4n) is 2.23. The standard InChI is InChI=1S/C18H21NO6/c1-3-25-18(22)16-17(21)15(9-20)13(8-19-16)11-24-10-12-4-6-14(23-2)7-5-12/h4-8,20-21H,3,9-11H2,1-2H3. The summed E-state index contributed by atoms with van der Waals surface area (Å²) in [6.07, 6.45) is 1.39. The van der Waals surface area contributed by atoms with Gasteiger partial charge in [-0.1, -0.05) is 12.1 Å². The van der Waals surface area contributed by atoms with Crippen LogP contribution in [0.5, 0.6) is 11.5 Å². The highest BCUT2D eigenvalue weighted by Gasteiger charge is 2.20. The minimum Gasteiger partial charge on any atom is -0.505 e. The summed E-state index contributed by atoms with van der Waals surface area (Å²) in [7, 11) is 1.60. The molecule has 0 bridgehead atoms. The Balaban J connectivity index is 2.05. The number of benzene rings is 1. The molecule has 0 amide bonds. The van der Waals surface area contributed by atoms with Crippen LogP contribution in [0, 0.1) is 0 Å². The molecule has 0 saturated heterocycles. The van der Waals surface area contributed by atoms with E-state index in [1.54, 1.807) is 14.0 Å². The summed E-state index contributed by atoms with van der Waals surface area (Å²) in [4.78, 5) is 15.6. The van der Waals surface area contributed by atoms with Gasteiger partial charge in [-0.05, 0) is 24.6 Å². The van der Waals surface area contributed by atoms with Gasteiger partial charge in [0.05, 0.1) is 33.5 Å². The van der Waals surface area contributed by atoms with E-state index in [-0.39, 0.29) is 30.2 Å². The van der Waals surface area contributed by atoms with Crippen LogP contribution in [0.1, 0.15) is 34.1 Å². The number of rotatable bonds is 8. The molecule has 2 aromatic rings. The lowest BCUT2D eigenvalue weighted by atomic mass is 10.1. The van der Waals surface area contributed by atoms with E-state index in [9.17, 15) is 15.0 Å². The van der Waals surface area contributed by atoms with Crippen LogP contribution in [0.4, 0.5) is 0 Å². The molecule has 0 fully saturated rings. The van der Waals surface area contributed by atoms with Crippen LogP contribution < -0.4 is 4.74 Å². The Morgan fingerprint density at radius 2 is 1.92 bits per heavy atom. The van der Waals surface area contributed by atoms with E-state index in [1.165, 1.54) is 6.20 Å². The number of carbonyl (C=O) groups excluding carboxylic acids is 1. The van der Waals surface area contributed by atoms with Gasteiger partial charge in [0.1, 0.15) is 5.75 Å². The summed E-state index contributed by atoms with van der Waals surface area (Å²) in [5.74, 6) is -0.359. The zero-order valence-corrected chi connectivity index (χ0v) is 14.2. The van der Waals surface area contributed by atoms with Gasteiger partial charge in [0, 0.05) is 17.3 Å². The Morgan fingerprint density at radius 1 is 1.20 bits per heavy atom. The molecule has 0 spiro atoms. The van der Waals surface area contributed by atoms with E-state index < -0.39 is 12.6 Å². The van der Waals surface area contributed by atoms with E-state index >= 15 is 0 Å². The number of aromatic nitrogens is 1. The highest BCUT2D eigenvalue weighted by molar-refractivity contribution is 5.90. The van der Waals surface area contributed by atoms with E-state index in [4.69, 9.17) is 14.2 Å². The van der Waals surface area contributed by atoms with Crippen molar-refractivity contribution in [2.45, 2.75) is 26.7 Å². The van der Waals surface area contributed by atoms with Gasteiger partial charge < -0.3 is 24.4 Å². The molecule has 0 saturated carbocycles. The zero-order valence-electron chi connectivity index (χ0n) is 14.2. The molecule has 7 heteroatoms. The second-order valence-electron chi connectivity index (χ2n) is 5.18. The molecule has 7 nitrogen and oxygen atoms in total. The van der Waals surface area contributed by atoms with Gasteiger partial charge in [-0.15, -0.1) is 0 Å². The summed E-state index contributed by atoms with van der Waals surface area (Å²) in [6.45, 7) is 1.85. The Kier molecular flexibility index (Phi) is 6.73. The molecule has 2 N–H and O–H groups in total. The van der Waals surface area contributed by atoms with Gasteiger partial charge in [-0.25, -0.2) is 9.78 Å². The van der Waals surface area contributed by atoms with E-state index in [0.717, 1.165) is 11.3 Å². The molecule has 1 heterocycles. The first-order valence-electron chi connectivity index (χ1n) is 7.79. The summed E-state index contributed by atoms with van der Waals surface area (Å²) >= 11 is 0. The highest BCUT2D eigenvalue weighted by Crippen LogP contribution is 2.26. The first-order valence-corrected chi connectivity index (χ1v) is 7.79. The average molecular weight is 347 g/mol. The Labute approximate surface area is 145 Å². The number of aliphatic hydroxyl groups excluding tert-OH is 1. The highest BCUT2D eigenvalue weighted by atomic mass is 16.5. The first-order chi connectivity index (χ1) is 12.1. The van der Waals surface area contributed by atoms with Crippen molar-refractivity contribution in [2.24, 2.45) is 0 Å². The molecule has 0 aliphatic carbocycles. The minimum atomic E-state index is -0.736. The predicted octanol–water partition coefficient (Wildman–Crippen LogP) is 2.18. The number of hydrogen-bond donors (Lipinski definition) is 2. The maximum Gasteiger partial charge on any atom is 0.360 e. The second-order valence-corrected chi connectivity index (χ2v) is 5.18. The SMILES string of the molecule is CCOC(=O)c1ncc(COCc2ccc(OC)cc2)c(CO)c1O.